The second kappa shape index (κ2) is 8.59. The zero-order chi connectivity index (χ0) is 19.3. The van der Waals surface area contributed by atoms with Gasteiger partial charge in [0, 0.05) is 23.8 Å². The van der Waals surface area contributed by atoms with Gasteiger partial charge >= 0.3 is 0 Å². The smallest absolute Gasteiger partial charge is 0.218 e. The van der Waals surface area contributed by atoms with Gasteiger partial charge in [0.05, 0.1) is 9.92 Å². The van der Waals surface area contributed by atoms with Crippen molar-refractivity contribution in [3.63, 3.8) is 0 Å². The molecule has 0 unspecified atom stereocenters. The average molecular weight is 409 g/mol. The average Bonchev–Trinajstić information content (AvgIpc) is 2.63. The van der Waals surface area contributed by atoms with Crippen LogP contribution in [0.15, 0.2) is 52.3 Å². The lowest BCUT2D eigenvalue weighted by molar-refractivity contribution is 0.603. The van der Waals surface area contributed by atoms with E-state index in [4.69, 9.17) is 23.2 Å². The monoisotopic (exact) mass is 408 g/mol. The summed E-state index contributed by atoms with van der Waals surface area (Å²) in [6, 6.07) is 13.2. The van der Waals surface area contributed by atoms with Crippen molar-refractivity contribution in [2.24, 2.45) is 0 Å². The molecule has 0 aliphatic heterocycles. The Kier molecular flexibility index (Phi) is 6.71. The first-order valence-corrected chi connectivity index (χ1v) is 10.2. The Morgan fingerprint density at radius 1 is 1.12 bits per heavy atom. The van der Waals surface area contributed by atoms with Crippen LogP contribution in [-0.2, 0) is 9.84 Å². The third-order valence-corrected chi connectivity index (χ3v) is 6.28. The first-order valence-electron chi connectivity index (χ1n) is 8.00. The van der Waals surface area contributed by atoms with Crippen LogP contribution in [0.3, 0.4) is 0 Å². The van der Waals surface area contributed by atoms with E-state index in [1.54, 1.807) is 18.2 Å². The van der Waals surface area contributed by atoms with Crippen molar-refractivity contribution in [3.05, 3.63) is 63.0 Å². The molecule has 2 aromatic rings. The summed E-state index contributed by atoms with van der Waals surface area (Å²) in [7, 11) is -4.07. The van der Waals surface area contributed by atoms with Gasteiger partial charge in [-0.15, -0.1) is 0 Å². The third-order valence-electron chi connectivity index (χ3n) is 3.90. The fourth-order valence-electron chi connectivity index (χ4n) is 2.49. The molecule has 0 saturated carbocycles. The standard InChI is InChI=1S/C19H18Cl2N2O2S/c1-3-23(4-2)16-8-5-14(6-9-16)11-17(13-22)26(24,25)19-12-15(20)7-10-18(19)21/h5-12H,3-4H2,1-2H3/b17-11+. The summed E-state index contributed by atoms with van der Waals surface area (Å²) >= 11 is 11.9. The maximum atomic E-state index is 12.8. The van der Waals surface area contributed by atoms with Gasteiger partial charge in [-0.1, -0.05) is 35.3 Å². The largest absolute Gasteiger partial charge is 0.372 e. The lowest BCUT2D eigenvalue weighted by Crippen LogP contribution is -2.21. The van der Waals surface area contributed by atoms with Crippen LogP contribution < -0.4 is 4.90 Å². The molecule has 0 aromatic heterocycles. The normalized spacial score (nSPS) is 11.9. The molecule has 136 valence electrons. The summed E-state index contributed by atoms with van der Waals surface area (Å²) in [4.78, 5) is 1.60. The highest BCUT2D eigenvalue weighted by atomic mass is 35.5. The number of anilines is 1. The first kappa shape index (κ1) is 20.3. The highest BCUT2D eigenvalue weighted by Crippen LogP contribution is 2.30. The van der Waals surface area contributed by atoms with Crippen LogP contribution in [0.25, 0.3) is 6.08 Å². The van der Waals surface area contributed by atoms with Crippen LogP contribution in [0.1, 0.15) is 19.4 Å². The van der Waals surface area contributed by atoms with Gasteiger partial charge in [-0.25, -0.2) is 8.42 Å². The Bertz CT molecular complexity index is 958. The molecule has 0 bridgehead atoms. The van der Waals surface area contributed by atoms with Crippen LogP contribution in [-0.4, -0.2) is 21.5 Å². The van der Waals surface area contributed by atoms with Crippen LogP contribution in [0.5, 0.6) is 0 Å². The van der Waals surface area contributed by atoms with E-state index >= 15 is 0 Å². The van der Waals surface area contributed by atoms with Crippen molar-refractivity contribution in [2.75, 3.05) is 18.0 Å². The minimum Gasteiger partial charge on any atom is -0.372 e. The summed E-state index contributed by atoms with van der Waals surface area (Å²) in [5.41, 5.74) is 1.64. The minimum atomic E-state index is -4.07. The number of hydrogen-bond acceptors (Lipinski definition) is 4. The molecule has 0 fully saturated rings. The van der Waals surface area contributed by atoms with E-state index in [9.17, 15) is 13.7 Å². The molecule has 0 heterocycles. The van der Waals surface area contributed by atoms with Crippen molar-refractivity contribution in [1.29, 1.82) is 5.26 Å². The zero-order valence-corrected chi connectivity index (χ0v) is 16.7. The van der Waals surface area contributed by atoms with Crippen LogP contribution in [0, 0.1) is 11.3 Å². The molecule has 0 spiro atoms. The molecule has 4 nitrogen and oxygen atoms in total. The van der Waals surface area contributed by atoms with Crippen molar-refractivity contribution in [1.82, 2.24) is 0 Å². The Morgan fingerprint density at radius 3 is 2.27 bits per heavy atom. The van der Waals surface area contributed by atoms with E-state index in [1.807, 2.05) is 12.1 Å². The highest BCUT2D eigenvalue weighted by molar-refractivity contribution is 7.95. The summed E-state index contributed by atoms with van der Waals surface area (Å²) in [5, 5.41) is 9.63. The summed E-state index contributed by atoms with van der Waals surface area (Å²) in [6.07, 6.45) is 1.33. The van der Waals surface area contributed by atoms with Gasteiger partial charge in [0.25, 0.3) is 0 Å². The molecule has 0 aliphatic rings. The van der Waals surface area contributed by atoms with E-state index < -0.39 is 14.7 Å². The van der Waals surface area contributed by atoms with Gasteiger partial charge in [0.1, 0.15) is 11.0 Å². The second-order valence-corrected chi connectivity index (χ2v) is 8.19. The Labute approximate surface area is 164 Å². The van der Waals surface area contributed by atoms with E-state index in [2.05, 4.69) is 18.7 Å². The maximum absolute atomic E-state index is 12.8. The Hall–Kier alpha value is -2.00. The lowest BCUT2D eigenvalue weighted by Gasteiger charge is -2.20. The number of hydrogen-bond donors (Lipinski definition) is 0. The summed E-state index contributed by atoms with van der Waals surface area (Å²) in [5.74, 6) is 0. The third kappa shape index (κ3) is 4.39. The molecule has 0 aliphatic carbocycles. The molecule has 7 heteroatoms. The fraction of sp³-hybridized carbons (Fsp3) is 0.211. The van der Waals surface area contributed by atoms with Crippen molar-refractivity contribution >= 4 is 44.8 Å². The van der Waals surface area contributed by atoms with Gasteiger partial charge in [0.2, 0.25) is 9.84 Å². The number of halogens is 2. The molecule has 0 atom stereocenters. The molecule has 2 aromatic carbocycles. The van der Waals surface area contributed by atoms with Gasteiger partial charge in [0.15, 0.2) is 0 Å². The predicted molar refractivity (Wildman–Crippen MR) is 107 cm³/mol. The molecule has 0 N–H and O–H groups in total. The van der Waals surface area contributed by atoms with E-state index in [-0.39, 0.29) is 14.9 Å². The van der Waals surface area contributed by atoms with E-state index in [0.717, 1.165) is 18.8 Å². The lowest BCUT2D eigenvalue weighted by atomic mass is 10.2. The molecule has 2 rings (SSSR count). The zero-order valence-electron chi connectivity index (χ0n) is 14.4. The van der Waals surface area contributed by atoms with Crippen molar-refractivity contribution in [2.45, 2.75) is 18.7 Å². The SMILES string of the molecule is CCN(CC)c1ccc(/C=C(\C#N)S(=O)(=O)c2cc(Cl)ccc2Cl)cc1. The van der Waals surface area contributed by atoms with Crippen LogP contribution in [0.2, 0.25) is 10.0 Å². The van der Waals surface area contributed by atoms with Gasteiger partial charge < -0.3 is 4.90 Å². The van der Waals surface area contributed by atoms with E-state index in [1.165, 1.54) is 24.3 Å². The number of nitrogens with zero attached hydrogens (tertiary/aromatic N) is 2. The number of allylic oxidation sites excluding steroid dienone is 1. The molecular formula is C19H18Cl2N2O2S. The number of sulfone groups is 1. The maximum Gasteiger partial charge on any atom is 0.218 e. The van der Waals surface area contributed by atoms with Crippen molar-refractivity contribution < 1.29 is 8.42 Å². The number of nitriles is 1. The minimum absolute atomic E-state index is 0.0208. The van der Waals surface area contributed by atoms with Crippen LogP contribution >= 0.6 is 23.2 Å². The molecular weight excluding hydrogens is 391 g/mol. The van der Waals surface area contributed by atoms with Crippen molar-refractivity contribution in [3.8, 4) is 6.07 Å². The fourth-order valence-corrected chi connectivity index (χ4v) is 4.41. The highest BCUT2D eigenvalue weighted by Gasteiger charge is 2.24. The molecule has 26 heavy (non-hydrogen) atoms. The Balaban J connectivity index is 2.44. The van der Waals surface area contributed by atoms with Crippen LogP contribution in [0.4, 0.5) is 5.69 Å². The molecule has 0 saturated heterocycles. The van der Waals surface area contributed by atoms with E-state index in [0.29, 0.717) is 5.56 Å². The summed E-state index contributed by atoms with van der Waals surface area (Å²) in [6.45, 7) is 5.87. The molecule has 0 amide bonds. The predicted octanol–water partition coefficient (Wildman–Crippen LogP) is 5.18. The first-order chi connectivity index (χ1) is 12.3. The van der Waals surface area contributed by atoms with Gasteiger partial charge in [-0.3, -0.25) is 0 Å². The number of benzene rings is 2. The summed E-state index contributed by atoms with van der Waals surface area (Å²) < 4.78 is 25.5. The van der Waals surface area contributed by atoms with Gasteiger partial charge in [-0.05, 0) is 55.8 Å². The second-order valence-electron chi connectivity index (χ2n) is 5.46. The topological polar surface area (TPSA) is 61.2 Å². The number of rotatable bonds is 6. The molecule has 0 radical (unpaired) electrons. The quantitative estimate of drug-likeness (QED) is 0.617. The van der Waals surface area contributed by atoms with Gasteiger partial charge in [-0.2, -0.15) is 5.26 Å². The Morgan fingerprint density at radius 2 is 1.73 bits per heavy atom.